The van der Waals surface area contributed by atoms with E-state index in [0.717, 1.165) is 5.39 Å². The summed E-state index contributed by atoms with van der Waals surface area (Å²) in [6, 6.07) is 12.4. The molecule has 1 aliphatic rings. The molecule has 178 valence electrons. The van der Waals surface area contributed by atoms with Crippen LogP contribution in [0.25, 0.3) is 10.9 Å². The smallest absolute Gasteiger partial charge is 0.339 e. The number of fused-ring (bicyclic) bond motifs is 2. The number of nitrogens with zero attached hydrogens (tertiary/aromatic N) is 2. The second kappa shape index (κ2) is 10.1. The molecule has 1 aliphatic heterocycles. The van der Waals surface area contributed by atoms with E-state index in [1.54, 1.807) is 30.3 Å². The number of anilines is 1. The highest BCUT2D eigenvalue weighted by atomic mass is 32.1. The maximum Gasteiger partial charge on any atom is 0.339 e. The molecule has 0 amide bonds. The van der Waals surface area contributed by atoms with Gasteiger partial charge in [0.15, 0.2) is 16.6 Å². The van der Waals surface area contributed by atoms with Crippen LogP contribution in [0.15, 0.2) is 47.3 Å². The zero-order valence-corrected chi connectivity index (χ0v) is 20.0. The van der Waals surface area contributed by atoms with Crippen molar-refractivity contribution in [3.05, 3.63) is 63.9 Å². The van der Waals surface area contributed by atoms with E-state index in [9.17, 15) is 9.59 Å². The molecule has 0 saturated carbocycles. The number of rotatable bonds is 7. The van der Waals surface area contributed by atoms with Crippen molar-refractivity contribution in [2.45, 2.75) is 6.54 Å². The van der Waals surface area contributed by atoms with Gasteiger partial charge in [0.2, 0.25) is 6.79 Å². The van der Waals surface area contributed by atoms with E-state index < -0.39 is 5.97 Å². The van der Waals surface area contributed by atoms with Gasteiger partial charge < -0.3 is 34.3 Å². The summed E-state index contributed by atoms with van der Waals surface area (Å²) in [4.78, 5) is 31.9. The maximum absolute atomic E-state index is 12.9. The number of para-hydroxylation sites is 1. The molecule has 0 radical (unpaired) electrons. The van der Waals surface area contributed by atoms with Crippen LogP contribution in [0.3, 0.4) is 0 Å². The third-order valence-electron chi connectivity index (χ3n) is 5.45. The Morgan fingerprint density at radius 3 is 2.62 bits per heavy atom. The molecule has 2 aromatic carbocycles. The molecule has 0 unspecified atom stereocenters. The molecule has 9 nitrogen and oxygen atoms in total. The Hall–Kier alpha value is -3.63. The van der Waals surface area contributed by atoms with Gasteiger partial charge >= 0.3 is 5.97 Å². The van der Waals surface area contributed by atoms with Gasteiger partial charge in [0, 0.05) is 30.1 Å². The van der Waals surface area contributed by atoms with Gasteiger partial charge in [-0.3, -0.25) is 4.79 Å². The van der Waals surface area contributed by atoms with E-state index in [2.05, 4.69) is 10.3 Å². The number of aromatic amines is 1. The number of H-pyrrole nitrogens is 1. The lowest BCUT2D eigenvalue weighted by Gasteiger charge is -2.27. The molecule has 0 aliphatic carbocycles. The van der Waals surface area contributed by atoms with Crippen LogP contribution in [-0.4, -0.2) is 67.0 Å². The van der Waals surface area contributed by atoms with Gasteiger partial charge in [-0.05, 0) is 50.6 Å². The number of methoxy groups -OCH3 is 1. The van der Waals surface area contributed by atoms with Crippen LogP contribution in [0.2, 0.25) is 0 Å². The first-order valence-electron chi connectivity index (χ1n) is 10.7. The quantitative estimate of drug-likeness (QED) is 0.389. The minimum Gasteiger partial charge on any atom is -0.465 e. The lowest BCUT2D eigenvalue weighted by Crippen LogP contribution is -2.40. The van der Waals surface area contributed by atoms with Crippen LogP contribution in [0.4, 0.5) is 5.69 Å². The number of pyridine rings is 1. The molecule has 0 atom stereocenters. The fraction of sp³-hybridized carbons (Fsp3) is 0.292. The van der Waals surface area contributed by atoms with Gasteiger partial charge in [0.1, 0.15) is 0 Å². The number of likely N-dealkylation sites (N-methyl/N-ethyl adjacent to an activating group) is 1. The van der Waals surface area contributed by atoms with Crippen LogP contribution in [-0.2, 0) is 11.3 Å². The summed E-state index contributed by atoms with van der Waals surface area (Å²) in [7, 11) is 5.26. The van der Waals surface area contributed by atoms with E-state index in [0.29, 0.717) is 52.0 Å². The number of carbonyl (C=O) groups excluding carboxylic acids is 1. The minimum atomic E-state index is -0.463. The molecule has 0 fully saturated rings. The maximum atomic E-state index is 12.9. The molecule has 3 aromatic rings. The van der Waals surface area contributed by atoms with E-state index in [-0.39, 0.29) is 18.9 Å². The number of benzene rings is 2. The van der Waals surface area contributed by atoms with Gasteiger partial charge in [0.05, 0.1) is 30.4 Å². The average Bonchev–Trinajstić information content (AvgIpc) is 3.27. The van der Waals surface area contributed by atoms with E-state index >= 15 is 0 Å². The van der Waals surface area contributed by atoms with Crippen LogP contribution < -0.4 is 20.3 Å². The number of thiocarbonyl (C=S) groups is 1. The third-order valence-corrected chi connectivity index (χ3v) is 5.81. The van der Waals surface area contributed by atoms with E-state index in [1.807, 2.05) is 36.0 Å². The molecular formula is C24H26N4O5S. The van der Waals surface area contributed by atoms with Gasteiger partial charge in [-0.25, -0.2) is 4.79 Å². The van der Waals surface area contributed by atoms with Crippen LogP contribution in [0.5, 0.6) is 11.5 Å². The Labute approximate surface area is 202 Å². The Balaban J connectivity index is 1.62. The van der Waals surface area contributed by atoms with Crippen LogP contribution in [0, 0.1) is 0 Å². The van der Waals surface area contributed by atoms with Crippen molar-refractivity contribution in [2.75, 3.05) is 46.4 Å². The van der Waals surface area contributed by atoms with Crippen molar-refractivity contribution in [3.63, 3.8) is 0 Å². The van der Waals surface area contributed by atoms with Gasteiger partial charge in [-0.1, -0.05) is 12.1 Å². The molecule has 0 spiro atoms. The summed E-state index contributed by atoms with van der Waals surface area (Å²) in [5.41, 5.74) is 1.92. The number of carbonyl (C=O) groups is 1. The van der Waals surface area contributed by atoms with Crippen molar-refractivity contribution in [3.8, 4) is 11.5 Å². The highest BCUT2D eigenvalue weighted by Gasteiger charge is 2.19. The highest BCUT2D eigenvalue weighted by molar-refractivity contribution is 7.80. The highest BCUT2D eigenvalue weighted by Crippen LogP contribution is 2.35. The Morgan fingerprint density at radius 1 is 1.15 bits per heavy atom. The monoisotopic (exact) mass is 482 g/mol. The number of hydrogen-bond donors (Lipinski definition) is 2. The topological polar surface area (TPSA) is 96.1 Å². The first-order chi connectivity index (χ1) is 16.4. The second-order valence-electron chi connectivity index (χ2n) is 8.11. The lowest BCUT2D eigenvalue weighted by molar-refractivity contribution is 0.0602. The Kier molecular flexibility index (Phi) is 6.99. The number of hydrogen-bond acceptors (Lipinski definition) is 7. The molecular weight excluding hydrogens is 456 g/mol. The van der Waals surface area contributed by atoms with Gasteiger partial charge in [-0.15, -0.1) is 0 Å². The standard InChI is InChI=1S/C24H26N4O5S/c1-27(2)8-9-28(24(34)26-18-7-5-4-6-17(18)23(30)31-3)13-16-10-15-11-20-21(33-14-32-20)12-19(15)25-22(16)29/h4-7,10-12H,8-9,13-14H2,1-3H3,(H,25,29)(H,26,34). The largest absolute Gasteiger partial charge is 0.465 e. The number of nitrogens with one attached hydrogen (secondary N) is 2. The van der Waals surface area contributed by atoms with Crippen molar-refractivity contribution >= 4 is 39.9 Å². The molecule has 4 rings (SSSR count). The summed E-state index contributed by atoms with van der Waals surface area (Å²) in [6.45, 7) is 1.72. The predicted octanol–water partition coefficient (Wildman–Crippen LogP) is 2.80. The zero-order valence-electron chi connectivity index (χ0n) is 19.2. The van der Waals surface area contributed by atoms with Crippen molar-refractivity contribution in [2.24, 2.45) is 0 Å². The fourth-order valence-corrected chi connectivity index (χ4v) is 3.88. The van der Waals surface area contributed by atoms with Crippen LogP contribution >= 0.6 is 12.2 Å². The summed E-state index contributed by atoms with van der Waals surface area (Å²) < 4.78 is 15.7. The van der Waals surface area contributed by atoms with E-state index in [4.69, 9.17) is 26.4 Å². The predicted molar refractivity (Wildman–Crippen MR) is 134 cm³/mol. The molecule has 10 heteroatoms. The van der Waals surface area contributed by atoms with Crippen LogP contribution in [0.1, 0.15) is 15.9 Å². The molecule has 0 bridgehead atoms. The van der Waals surface area contributed by atoms with Crippen molar-refractivity contribution in [1.29, 1.82) is 0 Å². The third kappa shape index (κ3) is 5.13. The van der Waals surface area contributed by atoms with Crippen molar-refractivity contribution < 1.29 is 19.0 Å². The van der Waals surface area contributed by atoms with Gasteiger partial charge in [0.25, 0.3) is 5.56 Å². The summed E-state index contributed by atoms with van der Waals surface area (Å²) in [5, 5.41) is 4.38. The molecule has 2 heterocycles. The van der Waals surface area contributed by atoms with E-state index in [1.165, 1.54) is 7.11 Å². The Bertz CT molecular complexity index is 1290. The summed E-state index contributed by atoms with van der Waals surface area (Å²) >= 11 is 5.69. The molecule has 2 N–H and O–H groups in total. The second-order valence-corrected chi connectivity index (χ2v) is 8.50. The first kappa shape index (κ1) is 23.5. The minimum absolute atomic E-state index is 0.161. The van der Waals surface area contributed by atoms with Gasteiger partial charge in [-0.2, -0.15) is 0 Å². The summed E-state index contributed by atoms with van der Waals surface area (Å²) in [5.74, 6) is 0.792. The normalized spacial score (nSPS) is 12.1. The summed E-state index contributed by atoms with van der Waals surface area (Å²) in [6.07, 6.45) is 0. The zero-order chi connectivity index (χ0) is 24.2. The number of esters is 1. The fourth-order valence-electron chi connectivity index (χ4n) is 3.61. The number of aromatic nitrogens is 1. The SMILES string of the molecule is COC(=O)c1ccccc1NC(=S)N(CCN(C)C)Cc1cc2cc3c(cc2[nH]c1=O)OCO3. The number of ether oxygens (including phenoxy) is 3. The molecule has 0 saturated heterocycles. The first-order valence-corrected chi connectivity index (χ1v) is 11.1. The Morgan fingerprint density at radius 2 is 1.88 bits per heavy atom. The lowest BCUT2D eigenvalue weighted by atomic mass is 10.1. The molecule has 34 heavy (non-hydrogen) atoms. The van der Waals surface area contributed by atoms with Crippen molar-refractivity contribution in [1.82, 2.24) is 14.8 Å². The average molecular weight is 483 g/mol. The molecule has 1 aromatic heterocycles.